The molecule has 19 heavy (non-hydrogen) atoms. The van der Waals surface area contributed by atoms with Crippen LogP contribution in [0.3, 0.4) is 0 Å². The highest BCUT2D eigenvalue weighted by molar-refractivity contribution is 5.78. The zero-order chi connectivity index (χ0) is 13.2. The highest BCUT2D eigenvalue weighted by Gasteiger charge is 2.22. The van der Waals surface area contributed by atoms with E-state index in [4.69, 9.17) is 24.5 Å². The van der Waals surface area contributed by atoms with E-state index in [9.17, 15) is 0 Å². The minimum atomic E-state index is 0.240. The van der Waals surface area contributed by atoms with Crippen LogP contribution < -0.4 is 19.9 Å². The summed E-state index contributed by atoms with van der Waals surface area (Å²) in [6.45, 7) is 1.21. The predicted octanol–water partition coefficient (Wildman–Crippen LogP) is 2.09. The summed E-state index contributed by atoms with van der Waals surface area (Å²) in [4.78, 5) is 0. The Morgan fingerprint density at radius 1 is 1.26 bits per heavy atom. The highest BCUT2D eigenvalue weighted by Crippen LogP contribution is 2.45. The molecule has 0 radical (unpaired) electrons. The van der Waals surface area contributed by atoms with Gasteiger partial charge in [0, 0.05) is 12.5 Å². The number of nitrogens with two attached hydrogens (primary N) is 1. The van der Waals surface area contributed by atoms with E-state index in [1.165, 1.54) is 0 Å². The van der Waals surface area contributed by atoms with Crippen molar-refractivity contribution < 1.29 is 18.7 Å². The van der Waals surface area contributed by atoms with E-state index in [2.05, 4.69) is 5.16 Å². The number of hydrogen-bond acceptors (Lipinski definition) is 6. The summed E-state index contributed by atoms with van der Waals surface area (Å²) in [6.07, 6.45) is 0.831. The number of benzene rings is 1. The molecule has 0 fully saturated rings. The Hall–Kier alpha value is -2.37. The van der Waals surface area contributed by atoms with E-state index in [-0.39, 0.29) is 5.88 Å². The topological polar surface area (TPSA) is 79.7 Å². The first kappa shape index (κ1) is 11.7. The molecule has 2 heterocycles. The standard InChI is InChI=1S/C13H14N2O4/c1-16-9-3-4-10-13(18-6-2-5-17-10)12(9)8-7-11(14)19-15-8/h3-4,7H,2,5-6,14H2,1H3. The summed E-state index contributed by atoms with van der Waals surface area (Å²) in [6, 6.07) is 5.27. The molecule has 0 amide bonds. The van der Waals surface area contributed by atoms with Gasteiger partial charge in [-0.05, 0) is 12.1 Å². The molecule has 1 aromatic heterocycles. The van der Waals surface area contributed by atoms with Crippen LogP contribution in [-0.2, 0) is 0 Å². The maximum atomic E-state index is 5.76. The Labute approximate surface area is 110 Å². The van der Waals surface area contributed by atoms with Gasteiger partial charge in [0.2, 0.25) is 5.88 Å². The van der Waals surface area contributed by atoms with E-state index >= 15 is 0 Å². The second-order valence-corrected chi connectivity index (χ2v) is 4.14. The summed E-state index contributed by atoms with van der Waals surface area (Å²) in [5, 5.41) is 3.92. The average Bonchev–Trinajstić information content (AvgIpc) is 2.71. The first-order chi connectivity index (χ1) is 9.29. The van der Waals surface area contributed by atoms with E-state index in [0.29, 0.717) is 41.7 Å². The number of nitrogens with zero attached hydrogens (tertiary/aromatic N) is 1. The van der Waals surface area contributed by atoms with Gasteiger partial charge in [-0.25, -0.2) is 0 Å². The van der Waals surface area contributed by atoms with Crippen molar-refractivity contribution in [2.75, 3.05) is 26.1 Å². The Balaban J connectivity index is 2.19. The van der Waals surface area contributed by atoms with Crippen LogP contribution >= 0.6 is 0 Å². The molecule has 0 unspecified atom stereocenters. The molecule has 0 spiro atoms. The molecule has 2 N–H and O–H groups in total. The van der Waals surface area contributed by atoms with Gasteiger partial charge < -0.3 is 24.5 Å². The van der Waals surface area contributed by atoms with Crippen LogP contribution in [0.2, 0.25) is 0 Å². The van der Waals surface area contributed by atoms with Crippen molar-refractivity contribution in [3.63, 3.8) is 0 Å². The van der Waals surface area contributed by atoms with Gasteiger partial charge in [-0.1, -0.05) is 5.16 Å². The Morgan fingerprint density at radius 2 is 2.11 bits per heavy atom. The molecular formula is C13H14N2O4. The summed E-state index contributed by atoms with van der Waals surface area (Å²) in [5.74, 6) is 2.17. The van der Waals surface area contributed by atoms with Crippen LogP contribution in [-0.4, -0.2) is 25.5 Å². The predicted molar refractivity (Wildman–Crippen MR) is 68.5 cm³/mol. The van der Waals surface area contributed by atoms with Gasteiger partial charge in [-0.15, -0.1) is 0 Å². The number of anilines is 1. The van der Waals surface area contributed by atoms with Crippen LogP contribution in [0.1, 0.15) is 6.42 Å². The van der Waals surface area contributed by atoms with Gasteiger partial charge in [0.1, 0.15) is 11.4 Å². The smallest absolute Gasteiger partial charge is 0.222 e. The average molecular weight is 262 g/mol. The lowest BCUT2D eigenvalue weighted by Gasteiger charge is -2.14. The van der Waals surface area contributed by atoms with Crippen LogP contribution in [0.15, 0.2) is 22.7 Å². The minimum absolute atomic E-state index is 0.240. The van der Waals surface area contributed by atoms with E-state index in [1.54, 1.807) is 13.2 Å². The fourth-order valence-electron chi connectivity index (χ4n) is 2.04. The van der Waals surface area contributed by atoms with Crippen molar-refractivity contribution >= 4 is 5.88 Å². The van der Waals surface area contributed by atoms with Crippen LogP contribution in [0.5, 0.6) is 17.2 Å². The second-order valence-electron chi connectivity index (χ2n) is 4.14. The number of fused-ring (bicyclic) bond motifs is 1. The molecule has 0 aliphatic carbocycles. The maximum Gasteiger partial charge on any atom is 0.222 e. The number of aromatic nitrogens is 1. The maximum absolute atomic E-state index is 5.76. The number of nitrogen functional groups attached to an aromatic ring is 1. The van der Waals surface area contributed by atoms with Crippen molar-refractivity contribution in [3.8, 4) is 28.5 Å². The van der Waals surface area contributed by atoms with E-state index in [0.717, 1.165) is 6.42 Å². The first-order valence-electron chi connectivity index (χ1n) is 5.98. The largest absolute Gasteiger partial charge is 0.496 e. The molecule has 0 saturated heterocycles. The quantitative estimate of drug-likeness (QED) is 0.892. The number of ether oxygens (including phenoxy) is 3. The SMILES string of the molecule is COc1ccc2c(c1-c1cc(N)on1)OCCCO2. The van der Waals surface area contributed by atoms with Crippen LogP contribution in [0, 0.1) is 0 Å². The molecule has 0 bridgehead atoms. The molecule has 6 heteroatoms. The minimum Gasteiger partial charge on any atom is -0.496 e. The van der Waals surface area contributed by atoms with Crippen molar-refractivity contribution in [1.82, 2.24) is 5.16 Å². The van der Waals surface area contributed by atoms with Gasteiger partial charge in [0.25, 0.3) is 0 Å². The molecule has 0 saturated carbocycles. The van der Waals surface area contributed by atoms with Crippen molar-refractivity contribution in [1.29, 1.82) is 0 Å². The molecule has 100 valence electrons. The Bertz CT molecular complexity index is 594. The zero-order valence-electron chi connectivity index (χ0n) is 10.5. The van der Waals surface area contributed by atoms with Crippen molar-refractivity contribution in [2.45, 2.75) is 6.42 Å². The van der Waals surface area contributed by atoms with E-state index in [1.807, 2.05) is 12.1 Å². The highest BCUT2D eigenvalue weighted by atomic mass is 16.5. The Morgan fingerprint density at radius 3 is 2.84 bits per heavy atom. The first-order valence-corrected chi connectivity index (χ1v) is 5.98. The lowest BCUT2D eigenvalue weighted by Crippen LogP contribution is -1.98. The van der Waals surface area contributed by atoms with Gasteiger partial charge in [-0.2, -0.15) is 0 Å². The molecular weight excluding hydrogens is 248 g/mol. The van der Waals surface area contributed by atoms with Crippen LogP contribution in [0.4, 0.5) is 5.88 Å². The summed E-state index contributed by atoms with van der Waals surface area (Å²) in [5.41, 5.74) is 6.84. The fraction of sp³-hybridized carbons (Fsp3) is 0.308. The fourth-order valence-corrected chi connectivity index (χ4v) is 2.04. The lowest BCUT2D eigenvalue weighted by atomic mass is 10.1. The van der Waals surface area contributed by atoms with Crippen molar-refractivity contribution in [2.24, 2.45) is 0 Å². The third kappa shape index (κ3) is 2.05. The number of methoxy groups -OCH3 is 1. The van der Waals surface area contributed by atoms with E-state index < -0.39 is 0 Å². The number of hydrogen-bond donors (Lipinski definition) is 1. The van der Waals surface area contributed by atoms with Gasteiger partial charge in [-0.3, -0.25) is 0 Å². The normalized spacial score (nSPS) is 13.9. The molecule has 2 aromatic rings. The molecule has 1 aliphatic heterocycles. The monoisotopic (exact) mass is 262 g/mol. The van der Waals surface area contributed by atoms with Crippen LogP contribution in [0.25, 0.3) is 11.3 Å². The molecule has 6 nitrogen and oxygen atoms in total. The summed E-state index contributed by atoms with van der Waals surface area (Å²) < 4.78 is 21.7. The Kier molecular flexibility index (Phi) is 2.91. The third-order valence-corrected chi connectivity index (χ3v) is 2.88. The molecule has 0 atom stereocenters. The van der Waals surface area contributed by atoms with Crippen molar-refractivity contribution in [3.05, 3.63) is 18.2 Å². The van der Waals surface area contributed by atoms with Gasteiger partial charge in [0.05, 0.1) is 25.9 Å². The zero-order valence-corrected chi connectivity index (χ0v) is 10.5. The third-order valence-electron chi connectivity index (χ3n) is 2.88. The second kappa shape index (κ2) is 4.72. The summed E-state index contributed by atoms with van der Waals surface area (Å²) >= 11 is 0. The number of rotatable bonds is 2. The molecule has 1 aliphatic rings. The molecule has 1 aromatic carbocycles. The van der Waals surface area contributed by atoms with Gasteiger partial charge >= 0.3 is 0 Å². The van der Waals surface area contributed by atoms with Gasteiger partial charge in [0.15, 0.2) is 11.5 Å². The summed E-state index contributed by atoms with van der Waals surface area (Å²) in [7, 11) is 1.59. The molecule has 3 rings (SSSR count). The lowest BCUT2D eigenvalue weighted by molar-refractivity contribution is 0.297.